The van der Waals surface area contributed by atoms with Crippen molar-refractivity contribution in [1.29, 1.82) is 0 Å². The predicted molar refractivity (Wildman–Crippen MR) is 103 cm³/mol. The first-order chi connectivity index (χ1) is 13.1. The van der Waals surface area contributed by atoms with E-state index in [4.69, 9.17) is 0 Å². The van der Waals surface area contributed by atoms with Crippen LogP contribution in [0.3, 0.4) is 0 Å². The van der Waals surface area contributed by atoms with Crippen LogP contribution in [-0.4, -0.2) is 42.8 Å². The Morgan fingerprint density at radius 3 is 2.33 bits per heavy atom. The zero-order valence-corrected chi connectivity index (χ0v) is 15.4. The molecule has 0 atom stereocenters. The Morgan fingerprint density at radius 2 is 1.67 bits per heavy atom. The van der Waals surface area contributed by atoms with E-state index in [1.165, 1.54) is 12.1 Å². The Morgan fingerprint density at radius 1 is 1.00 bits per heavy atom. The molecule has 0 spiro atoms. The minimum atomic E-state index is -0.253. The second kappa shape index (κ2) is 9.42. The number of halogens is 1. The summed E-state index contributed by atoms with van der Waals surface area (Å²) in [6.07, 6.45) is 2.26. The monoisotopic (exact) mass is 368 g/mol. The van der Waals surface area contributed by atoms with Crippen molar-refractivity contribution in [3.05, 3.63) is 71.5 Å². The van der Waals surface area contributed by atoms with Gasteiger partial charge >= 0.3 is 0 Å². The molecule has 3 rings (SSSR count). The van der Waals surface area contributed by atoms with Gasteiger partial charge in [-0.25, -0.2) is 4.39 Å². The smallest absolute Gasteiger partial charge is 0.234 e. The van der Waals surface area contributed by atoms with E-state index in [2.05, 4.69) is 10.2 Å². The SMILES string of the molecule is O=C(CN1CCC(C(=O)c2ccccc2)CC1)NCCc1ccc(F)cc1. The van der Waals surface area contributed by atoms with Gasteiger partial charge in [-0.3, -0.25) is 14.5 Å². The highest BCUT2D eigenvalue weighted by atomic mass is 19.1. The van der Waals surface area contributed by atoms with Gasteiger partial charge in [0, 0.05) is 18.0 Å². The first-order valence-corrected chi connectivity index (χ1v) is 9.44. The lowest BCUT2D eigenvalue weighted by atomic mass is 9.89. The van der Waals surface area contributed by atoms with Crippen molar-refractivity contribution in [1.82, 2.24) is 10.2 Å². The molecule has 2 aromatic rings. The minimum Gasteiger partial charge on any atom is -0.355 e. The summed E-state index contributed by atoms with van der Waals surface area (Å²) in [6.45, 7) is 2.41. The lowest BCUT2D eigenvalue weighted by Crippen LogP contribution is -2.43. The molecule has 1 fully saturated rings. The Bertz CT molecular complexity index is 754. The van der Waals surface area contributed by atoms with Crippen LogP contribution in [0.25, 0.3) is 0 Å². The number of ketones is 1. The van der Waals surface area contributed by atoms with Crippen LogP contribution in [0, 0.1) is 11.7 Å². The third kappa shape index (κ3) is 5.73. The average Bonchev–Trinajstić information content (AvgIpc) is 2.70. The summed E-state index contributed by atoms with van der Waals surface area (Å²) < 4.78 is 12.9. The number of nitrogens with one attached hydrogen (secondary N) is 1. The molecule has 0 bridgehead atoms. The van der Waals surface area contributed by atoms with E-state index in [9.17, 15) is 14.0 Å². The van der Waals surface area contributed by atoms with Crippen molar-refractivity contribution in [3.8, 4) is 0 Å². The third-order valence-electron chi connectivity index (χ3n) is 5.03. The number of carbonyl (C=O) groups excluding carboxylic acids is 2. The third-order valence-corrected chi connectivity index (χ3v) is 5.03. The van der Waals surface area contributed by atoms with Crippen molar-refractivity contribution >= 4 is 11.7 Å². The number of likely N-dealkylation sites (tertiary alicyclic amines) is 1. The van der Waals surface area contributed by atoms with Crippen LogP contribution in [0.4, 0.5) is 4.39 Å². The van der Waals surface area contributed by atoms with E-state index in [0.717, 1.165) is 37.1 Å². The van der Waals surface area contributed by atoms with Gasteiger partial charge < -0.3 is 5.32 Å². The number of piperidine rings is 1. The van der Waals surface area contributed by atoms with Crippen LogP contribution < -0.4 is 5.32 Å². The number of benzene rings is 2. The van der Waals surface area contributed by atoms with Gasteiger partial charge in [-0.15, -0.1) is 0 Å². The van der Waals surface area contributed by atoms with Gasteiger partial charge in [0.1, 0.15) is 5.82 Å². The standard InChI is InChI=1S/C22H25FN2O2/c23-20-8-6-17(7-9-20)10-13-24-21(26)16-25-14-11-19(12-15-25)22(27)18-4-2-1-3-5-18/h1-9,19H,10-16H2,(H,24,26). The van der Waals surface area contributed by atoms with Gasteiger partial charge in [0.2, 0.25) is 5.91 Å². The molecule has 27 heavy (non-hydrogen) atoms. The summed E-state index contributed by atoms with van der Waals surface area (Å²) in [5, 5.41) is 2.91. The molecule has 0 aromatic heterocycles. The van der Waals surface area contributed by atoms with Gasteiger partial charge in [-0.05, 0) is 50.0 Å². The summed E-state index contributed by atoms with van der Waals surface area (Å²) in [6, 6.07) is 15.7. The molecular weight excluding hydrogens is 343 g/mol. The Kier molecular flexibility index (Phi) is 6.71. The highest BCUT2D eigenvalue weighted by Gasteiger charge is 2.26. The molecule has 1 aliphatic heterocycles. The molecule has 0 radical (unpaired) electrons. The van der Waals surface area contributed by atoms with E-state index >= 15 is 0 Å². The van der Waals surface area contributed by atoms with Gasteiger partial charge in [0.25, 0.3) is 0 Å². The van der Waals surface area contributed by atoms with Crippen molar-refractivity contribution in [3.63, 3.8) is 0 Å². The van der Waals surface area contributed by atoms with Gasteiger partial charge in [-0.2, -0.15) is 0 Å². The van der Waals surface area contributed by atoms with Crippen LogP contribution in [0.2, 0.25) is 0 Å². The molecule has 2 aromatic carbocycles. The number of amides is 1. The average molecular weight is 368 g/mol. The topological polar surface area (TPSA) is 49.4 Å². The minimum absolute atomic E-state index is 0.00931. The molecule has 1 saturated heterocycles. The van der Waals surface area contributed by atoms with Crippen LogP contribution in [0.1, 0.15) is 28.8 Å². The predicted octanol–water partition coefficient (Wildman–Crippen LogP) is 3.08. The normalized spacial score (nSPS) is 15.4. The van der Waals surface area contributed by atoms with E-state index < -0.39 is 0 Å². The Labute approximate surface area is 159 Å². The molecule has 0 unspecified atom stereocenters. The molecule has 0 aliphatic carbocycles. The Balaban J connectivity index is 1.36. The molecule has 142 valence electrons. The molecule has 4 nitrogen and oxygen atoms in total. The Hall–Kier alpha value is -2.53. The van der Waals surface area contributed by atoms with E-state index in [1.54, 1.807) is 12.1 Å². The zero-order valence-electron chi connectivity index (χ0n) is 15.4. The molecule has 1 N–H and O–H groups in total. The molecule has 5 heteroatoms. The number of Topliss-reactive ketones (excluding diaryl/α,β-unsaturated/α-hetero) is 1. The molecule has 1 amide bonds. The van der Waals surface area contributed by atoms with Crippen molar-refractivity contribution < 1.29 is 14.0 Å². The zero-order chi connectivity index (χ0) is 19.1. The maximum atomic E-state index is 12.9. The summed E-state index contributed by atoms with van der Waals surface area (Å²) in [5.41, 5.74) is 1.77. The first-order valence-electron chi connectivity index (χ1n) is 9.44. The number of carbonyl (C=O) groups is 2. The maximum absolute atomic E-state index is 12.9. The molecule has 1 aliphatic rings. The maximum Gasteiger partial charge on any atom is 0.234 e. The quantitative estimate of drug-likeness (QED) is 0.764. The molecule has 1 heterocycles. The molecule has 0 saturated carbocycles. The summed E-state index contributed by atoms with van der Waals surface area (Å²) in [7, 11) is 0. The van der Waals surface area contributed by atoms with Crippen molar-refractivity contribution in [2.75, 3.05) is 26.2 Å². The van der Waals surface area contributed by atoms with Gasteiger partial charge in [0.05, 0.1) is 6.54 Å². The lowest BCUT2D eigenvalue weighted by molar-refractivity contribution is -0.122. The fourth-order valence-electron chi connectivity index (χ4n) is 3.45. The number of nitrogens with zero attached hydrogens (tertiary/aromatic N) is 1. The van der Waals surface area contributed by atoms with Crippen LogP contribution in [0.5, 0.6) is 0 Å². The van der Waals surface area contributed by atoms with Crippen LogP contribution in [0.15, 0.2) is 54.6 Å². The lowest BCUT2D eigenvalue weighted by Gasteiger charge is -2.30. The second-order valence-electron chi connectivity index (χ2n) is 7.01. The summed E-state index contributed by atoms with van der Waals surface area (Å²) in [5.74, 6) is -0.00827. The van der Waals surface area contributed by atoms with E-state index in [-0.39, 0.29) is 23.4 Å². The number of hydrogen-bond acceptors (Lipinski definition) is 3. The summed E-state index contributed by atoms with van der Waals surface area (Å²) in [4.78, 5) is 26.7. The number of rotatable bonds is 7. The van der Waals surface area contributed by atoms with Gasteiger partial charge in [0.15, 0.2) is 5.78 Å². The van der Waals surface area contributed by atoms with Crippen molar-refractivity contribution in [2.24, 2.45) is 5.92 Å². The fourth-order valence-corrected chi connectivity index (χ4v) is 3.45. The van der Waals surface area contributed by atoms with E-state index in [0.29, 0.717) is 19.5 Å². The first kappa shape index (κ1) is 19.2. The fraction of sp³-hybridized carbons (Fsp3) is 0.364. The molecular formula is C22H25FN2O2. The number of hydrogen-bond donors (Lipinski definition) is 1. The van der Waals surface area contributed by atoms with Crippen LogP contribution in [-0.2, 0) is 11.2 Å². The summed E-state index contributed by atoms with van der Waals surface area (Å²) >= 11 is 0. The van der Waals surface area contributed by atoms with Gasteiger partial charge in [-0.1, -0.05) is 42.5 Å². The largest absolute Gasteiger partial charge is 0.355 e. The van der Waals surface area contributed by atoms with Crippen molar-refractivity contribution in [2.45, 2.75) is 19.3 Å². The highest BCUT2D eigenvalue weighted by molar-refractivity contribution is 5.97. The second-order valence-corrected chi connectivity index (χ2v) is 7.01. The van der Waals surface area contributed by atoms with E-state index in [1.807, 2.05) is 30.3 Å². The highest BCUT2D eigenvalue weighted by Crippen LogP contribution is 2.21. The van der Waals surface area contributed by atoms with Crippen LogP contribution >= 0.6 is 0 Å².